The van der Waals surface area contributed by atoms with Crippen LogP contribution in [-0.2, 0) is 21.4 Å². The first-order valence-corrected chi connectivity index (χ1v) is 13.8. The van der Waals surface area contributed by atoms with E-state index in [1.165, 1.54) is 38.5 Å². The normalized spacial score (nSPS) is 11.0. The summed E-state index contributed by atoms with van der Waals surface area (Å²) in [5, 5.41) is 2.39. The Labute approximate surface area is 236 Å². The second kappa shape index (κ2) is 12.7. The van der Waals surface area contributed by atoms with E-state index in [1.807, 2.05) is 30.3 Å². The van der Waals surface area contributed by atoms with Crippen molar-refractivity contribution in [2.75, 3.05) is 30.4 Å². The molecule has 0 radical (unpaired) electrons. The summed E-state index contributed by atoms with van der Waals surface area (Å²) in [6, 6.07) is 23.8. The molecule has 0 fully saturated rings. The molecule has 0 aliphatic heterocycles. The Morgan fingerprint density at radius 3 is 2.25 bits per heavy atom. The summed E-state index contributed by atoms with van der Waals surface area (Å²) in [5.41, 5.74) is 1.44. The first kappa shape index (κ1) is 28.7. The third kappa shape index (κ3) is 6.83. The zero-order chi connectivity index (χ0) is 28.7. The van der Waals surface area contributed by atoms with Crippen molar-refractivity contribution in [3.05, 3.63) is 107 Å². The molecular weight excluding hydrogens is 559 g/mol. The van der Waals surface area contributed by atoms with Crippen molar-refractivity contribution in [1.29, 1.82) is 0 Å². The number of amides is 1. The lowest BCUT2D eigenvalue weighted by molar-refractivity contribution is -0.114. The van der Waals surface area contributed by atoms with Crippen LogP contribution in [0, 0.1) is 5.82 Å². The molecule has 0 unspecified atom stereocenters. The first-order chi connectivity index (χ1) is 19.2. The van der Waals surface area contributed by atoms with Gasteiger partial charge in [-0.2, -0.15) is 0 Å². The van der Waals surface area contributed by atoms with Gasteiger partial charge in [0, 0.05) is 11.8 Å². The van der Waals surface area contributed by atoms with Crippen molar-refractivity contribution in [1.82, 2.24) is 0 Å². The Morgan fingerprint density at radius 2 is 1.60 bits per heavy atom. The van der Waals surface area contributed by atoms with Gasteiger partial charge in [-0.05, 0) is 60.2 Å². The average molecular weight is 585 g/mol. The number of hydrogen-bond acceptors (Lipinski definition) is 6. The molecular formula is C29H26ClFN2O6S. The Hall–Kier alpha value is -4.28. The van der Waals surface area contributed by atoms with Crippen LogP contribution in [0.4, 0.5) is 15.8 Å². The summed E-state index contributed by atoms with van der Waals surface area (Å²) in [6.07, 6.45) is 0. The summed E-state index contributed by atoms with van der Waals surface area (Å²) in [5.74, 6) is -0.262. The zero-order valence-corrected chi connectivity index (χ0v) is 23.2. The number of anilines is 2. The fourth-order valence-corrected chi connectivity index (χ4v) is 5.37. The van der Waals surface area contributed by atoms with Crippen molar-refractivity contribution >= 4 is 38.9 Å². The van der Waals surface area contributed by atoms with Gasteiger partial charge in [-0.15, -0.1) is 0 Å². The minimum atomic E-state index is -4.33. The van der Waals surface area contributed by atoms with E-state index in [-0.39, 0.29) is 21.4 Å². The number of ether oxygens (including phenoxy) is 3. The lowest BCUT2D eigenvalue weighted by atomic mass is 10.2. The van der Waals surface area contributed by atoms with Crippen LogP contribution in [0.1, 0.15) is 5.56 Å². The summed E-state index contributed by atoms with van der Waals surface area (Å²) in [6.45, 7) is -0.235. The second-order valence-electron chi connectivity index (χ2n) is 8.47. The Kier molecular flexibility index (Phi) is 9.13. The van der Waals surface area contributed by atoms with Gasteiger partial charge >= 0.3 is 0 Å². The molecule has 0 saturated carbocycles. The molecule has 0 aliphatic rings. The molecule has 4 aromatic rings. The molecule has 208 valence electrons. The van der Waals surface area contributed by atoms with Crippen molar-refractivity contribution in [3.63, 3.8) is 0 Å². The second-order valence-corrected chi connectivity index (χ2v) is 10.7. The van der Waals surface area contributed by atoms with Gasteiger partial charge in [0.2, 0.25) is 5.91 Å². The molecule has 8 nitrogen and oxygen atoms in total. The Morgan fingerprint density at radius 1 is 0.900 bits per heavy atom. The van der Waals surface area contributed by atoms with Crippen LogP contribution in [-0.4, -0.2) is 35.1 Å². The Balaban J connectivity index is 1.55. The average Bonchev–Trinajstić information content (AvgIpc) is 2.97. The number of sulfonamides is 1. The molecule has 0 bridgehead atoms. The maximum atomic E-state index is 13.9. The number of carbonyl (C=O) groups is 1. The van der Waals surface area contributed by atoms with Crippen LogP contribution >= 0.6 is 11.6 Å². The van der Waals surface area contributed by atoms with Crippen LogP contribution in [0.5, 0.6) is 17.2 Å². The summed E-state index contributed by atoms with van der Waals surface area (Å²) < 4.78 is 58.3. The minimum absolute atomic E-state index is 0.000921. The number of methoxy groups -OCH3 is 2. The van der Waals surface area contributed by atoms with Gasteiger partial charge in [0.15, 0.2) is 11.5 Å². The number of nitrogens with one attached hydrogen (secondary N) is 1. The number of carbonyl (C=O) groups excluding carboxylic acids is 1. The van der Waals surface area contributed by atoms with E-state index < -0.39 is 28.3 Å². The highest BCUT2D eigenvalue weighted by Gasteiger charge is 2.29. The van der Waals surface area contributed by atoms with Crippen LogP contribution in [0.2, 0.25) is 5.02 Å². The van der Waals surface area contributed by atoms with Crippen molar-refractivity contribution in [2.24, 2.45) is 0 Å². The van der Waals surface area contributed by atoms with E-state index in [1.54, 1.807) is 24.3 Å². The molecule has 0 aromatic heterocycles. The largest absolute Gasteiger partial charge is 0.493 e. The lowest BCUT2D eigenvalue weighted by Crippen LogP contribution is -2.38. The maximum absolute atomic E-state index is 13.9. The molecule has 4 aromatic carbocycles. The number of rotatable bonds is 11. The van der Waals surface area contributed by atoms with Gasteiger partial charge in [0.25, 0.3) is 10.0 Å². The highest BCUT2D eigenvalue weighted by molar-refractivity contribution is 7.92. The van der Waals surface area contributed by atoms with Crippen LogP contribution in [0.3, 0.4) is 0 Å². The highest BCUT2D eigenvalue weighted by atomic mass is 35.5. The number of halogens is 2. The molecule has 4 rings (SSSR count). The summed E-state index contributed by atoms with van der Waals surface area (Å²) in [4.78, 5) is 12.9. The van der Waals surface area contributed by atoms with Crippen LogP contribution in [0.25, 0.3) is 0 Å². The van der Waals surface area contributed by atoms with Crippen molar-refractivity contribution in [2.45, 2.75) is 11.5 Å². The van der Waals surface area contributed by atoms with E-state index in [9.17, 15) is 17.6 Å². The molecule has 1 amide bonds. The van der Waals surface area contributed by atoms with Gasteiger partial charge in [-0.1, -0.05) is 41.9 Å². The van der Waals surface area contributed by atoms with E-state index in [4.69, 9.17) is 25.8 Å². The minimum Gasteiger partial charge on any atom is -0.493 e. The third-order valence-corrected chi connectivity index (χ3v) is 7.87. The standard InChI is InChI=1S/C29H26ClFN2O6S/c1-37-27-15-13-24(17-28(27)38-2)40(35,36)33(22-10-14-26(31)25(30)16-22)18-29(34)32-21-8-11-23(12-9-21)39-19-20-6-4-3-5-7-20/h3-17H,18-19H2,1-2H3,(H,32,34). The van der Waals surface area contributed by atoms with Crippen molar-refractivity contribution in [3.8, 4) is 17.2 Å². The monoisotopic (exact) mass is 584 g/mol. The van der Waals surface area contributed by atoms with Crippen LogP contribution in [0.15, 0.2) is 95.9 Å². The first-order valence-electron chi connectivity index (χ1n) is 12.0. The molecule has 0 aliphatic carbocycles. The van der Waals surface area contributed by atoms with E-state index in [2.05, 4.69) is 5.32 Å². The molecule has 0 heterocycles. The molecule has 0 spiro atoms. The van der Waals surface area contributed by atoms with E-state index in [0.29, 0.717) is 23.8 Å². The SMILES string of the molecule is COc1ccc(S(=O)(=O)N(CC(=O)Nc2ccc(OCc3ccccc3)cc2)c2ccc(F)c(Cl)c2)cc1OC. The lowest BCUT2D eigenvalue weighted by Gasteiger charge is -2.25. The van der Waals surface area contributed by atoms with Gasteiger partial charge < -0.3 is 19.5 Å². The predicted octanol–water partition coefficient (Wildman–Crippen LogP) is 5.91. The van der Waals surface area contributed by atoms with Gasteiger partial charge in [0.05, 0.1) is 29.8 Å². The number of hydrogen-bond donors (Lipinski definition) is 1. The number of benzene rings is 4. The quantitative estimate of drug-likeness (QED) is 0.236. The Bertz CT molecular complexity index is 1580. The van der Waals surface area contributed by atoms with E-state index >= 15 is 0 Å². The number of nitrogens with zero attached hydrogens (tertiary/aromatic N) is 1. The molecule has 1 N–H and O–H groups in total. The van der Waals surface area contributed by atoms with Gasteiger partial charge in [0.1, 0.15) is 24.7 Å². The highest BCUT2D eigenvalue weighted by Crippen LogP contribution is 2.33. The summed E-state index contributed by atoms with van der Waals surface area (Å²) >= 11 is 5.94. The molecule has 0 saturated heterocycles. The predicted molar refractivity (Wildman–Crippen MR) is 151 cm³/mol. The van der Waals surface area contributed by atoms with Crippen LogP contribution < -0.4 is 23.8 Å². The van der Waals surface area contributed by atoms with E-state index in [0.717, 1.165) is 22.0 Å². The fraction of sp³-hybridized carbons (Fsp3) is 0.138. The topological polar surface area (TPSA) is 94.2 Å². The fourth-order valence-electron chi connectivity index (χ4n) is 3.77. The van der Waals surface area contributed by atoms with Crippen molar-refractivity contribution < 1.29 is 31.8 Å². The molecule has 11 heteroatoms. The van der Waals surface area contributed by atoms with Gasteiger partial charge in [-0.25, -0.2) is 12.8 Å². The smallest absolute Gasteiger partial charge is 0.264 e. The molecule has 40 heavy (non-hydrogen) atoms. The molecule has 0 atom stereocenters. The maximum Gasteiger partial charge on any atom is 0.264 e. The summed E-state index contributed by atoms with van der Waals surface area (Å²) in [7, 11) is -1.54. The zero-order valence-electron chi connectivity index (χ0n) is 21.6. The third-order valence-electron chi connectivity index (χ3n) is 5.81. The van der Waals surface area contributed by atoms with Gasteiger partial charge in [-0.3, -0.25) is 9.10 Å².